The number of nitrogens with one attached hydrogen (secondary N) is 2. The number of amides is 3. The first kappa shape index (κ1) is 14.8. The van der Waals surface area contributed by atoms with E-state index in [-0.39, 0.29) is 17.7 Å². The first-order valence-corrected chi connectivity index (χ1v) is 6.90. The summed E-state index contributed by atoms with van der Waals surface area (Å²) in [6.07, 6.45) is 3.04. The minimum atomic E-state index is -0.710. The molecule has 2 atom stereocenters. The van der Waals surface area contributed by atoms with Crippen LogP contribution in [0.2, 0.25) is 0 Å². The van der Waals surface area contributed by atoms with E-state index in [0.29, 0.717) is 25.8 Å². The van der Waals surface area contributed by atoms with Gasteiger partial charge in [-0.25, -0.2) is 0 Å². The van der Waals surface area contributed by atoms with Gasteiger partial charge in [0.25, 0.3) is 0 Å². The normalized spacial score (nSPS) is 40.0. The second-order valence-corrected chi connectivity index (χ2v) is 6.99. The predicted molar refractivity (Wildman–Crippen MR) is 74.5 cm³/mol. The second kappa shape index (κ2) is 4.43. The SMILES string of the molecule is C=CCNC(=O)C1(C)CC2(C)CC(C)(C1)C(=O)NC2=O. The van der Waals surface area contributed by atoms with Crippen LogP contribution >= 0.6 is 0 Å². The van der Waals surface area contributed by atoms with E-state index in [4.69, 9.17) is 0 Å². The van der Waals surface area contributed by atoms with Gasteiger partial charge < -0.3 is 5.32 Å². The van der Waals surface area contributed by atoms with Gasteiger partial charge in [-0.05, 0) is 19.3 Å². The van der Waals surface area contributed by atoms with Gasteiger partial charge in [0.1, 0.15) is 0 Å². The highest BCUT2D eigenvalue weighted by molar-refractivity contribution is 6.04. The quantitative estimate of drug-likeness (QED) is 0.600. The van der Waals surface area contributed by atoms with Gasteiger partial charge >= 0.3 is 0 Å². The zero-order valence-electron chi connectivity index (χ0n) is 12.3. The molecule has 1 aliphatic heterocycles. The molecule has 3 amide bonds. The smallest absolute Gasteiger partial charge is 0.232 e. The van der Waals surface area contributed by atoms with Gasteiger partial charge in [-0.15, -0.1) is 6.58 Å². The largest absolute Gasteiger partial charge is 0.352 e. The van der Waals surface area contributed by atoms with Crippen molar-refractivity contribution in [1.29, 1.82) is 0 Å². The molecule has 2 fully saturated rings. The van der Waals surface area contributed by atoms with Gasteiger partial charge in [0.15, 0.2) is 0 Å². The van der Waals surface area contributed by atoms with Crippen molar-refractivity contribution < 1.29 is 14.4 Å². The van der Waals surface area contributed by atoms with Crippen molar-refractivity contribution in [3.05, 3.63) is 12.7 Å². The molecule has 2 bridgehead atoms. The van der Waals surface area contributed by atoms with Gasteiger partial charge in [-0.1, -0.05) is 26.8 Å². The van der Waals surface area contributed by atoms with Crippen molar-refractivity contribution in [2.75, 3.05) is 6.54 Å². The molecule has 1 saturated heterocycles. The zero-order valence-corrected chi connectivity index (χ0v) is 12.3. The van der Waals surface area contributed by atoms with Crippen LogP contribution < -0.4 is 10.6 Å². The summed E-state index contributed by atoms with van der Waals surface area (Å²) in [6.45, 7) is 9.48. The molecule has 1 saturated carbocycles. The third kappa shape index (κ3) is 2.15. The molecule has 0 aromatic heterocycles. The van der Waals surface area contributed by atoms with E-state index in [9.17, 15) is 14.4 Å². The molecular weight excluding hydrogens is 256 g/mol. The topological polar surface area (TPSA) is 75.3 Å². The average molecular weight is 278 g/mol. The first-order chi connectivity index (χ1) is 9.15. The van der Waals surface area contributed by atoms with Crippen LogP contribution in [0, 0.1) is 16.2 Å². The van der Waals surface area contributed by atoms with Crippen LogP contribution in [-0.4, -0.2) is 24.3 Å². The van der Waals surface area contributed by atoms with Crippen LogP contribution in [0.5, 0.6) is 0 Å². The summed E-state index contributed by atoms with van der Waals surface area (Å²) in [7, 11) is 0. The first-order valence-electron chi connectivity index (χ1n) is 6.90. The average Bonchev–Trinajstić information content (AvgIpc) is 2.32. The molecule has 0 spiro atoms. The summed E-state index contributed by atoms with van der Waals surface area (Å²) >= 11 is 0. The van der Waals surface area contributed by atoms with Crippen LogP contribution in [-0.2, 0) is 14.4 Å². The van der Waals surface area contributed by atoms with Crippen molar-refractivity contribution in [2.45, 2.75) is 40.0 Å². The summed E-state index contributed by atoms with van der Waals surface area (Å²) in [5, 5.41) is 5.25. The number of hydrogen-bond acceptors (Lipinski definition) is 3. The molecule has 0 aromatic carbocycles. The maximum Gasteiger partial charge on any atom is 0.232 e. The Morgan fingerprint density at radius 2 is 1.70 bits per heavy atom. The van der Waals surface area contributed by atoms with Crippen LogP contribution in [0.15, 0.2) is 12.7 Å². The number of hydrogen-bond donors (Lipinski definition) is 2. The Labute approximate surface area is 119 Å². The molecule has 0 aromatic rings. The summed E-state index contributed by atoms with van der Waals surface area (Å²) in [4.78, 5) is 36.7. The van der Waals surface area contributed by atoms with Gasteiger partial charge in [-0.2, -0.15) is 0 Å². The fourth-order valence-corrected chi connectivity index (χ4v) is 4.04. The highest BCUT2D eigenvalue weighted by Gasteiger charge is 2.60. The van der Waals surface area contributed by atoms with Crippen molar-refractivity contribution in [3.63, 3.8) is 0 Å². The maximum absolute atomic E-state index is 12.4. The molecule has 1 aliphatic carbocycles. The Morgan fingerprint density at radius 3 is 2.15 bits per heavy atom. The Hall–Kier alpha value is -1.65. The third-order valence-electron chi connectivity index (χ3n) is 4.62. The Kier molecular flexibility index (Phi) is 3.27. The molecular formula is C15H22N2O3. The summed E-state index contributed by atoms with van der Waals surface area (Å²) in [6, 6.07) is 0. The molecule has 2 unspecified atom stereocenters. The Bertz CT molecular complexity index is 471. The standard InChI is InChI=1S/C15H22N2O3/c1-5-6-16-10(18)13(2)7-14(3)9-15(4,8-13)12(20)17-11(14)19/h5H,1,6-9H2,2-4H3,(H,16,18)(H,17,19,20). The van der Waals surface area contributed by atoms with Crippen molar-refractivity contribution >= 4 is 17.7 Å². The van der Waals surface area contributed by atoms with E-state index in [1.165, 1.54) is 0 Å². The van der Waals surface area contributed by atoms with Crippen molar-refractivity contribution in [2.24, 2.45) is 16.2 Å². The van der Waals surface area contributed by atoms with E-state index in [2.05, 4.69) is 17.2 Å². The van der Waals surface area contributed by atoms with Gasteiger partial charge in [0.2, 0.25) is 17.7 Å². The van der Waals surface area contributed by atoms with Gasteiger partial charge in [0, 0.05) is 22.8 Å². The van der Waals surface area contributed by atoms with Crippen molar-refractivity contribution in [3.8, 4) is 0 Å². The van der Waals surface area contributed by atoms with E-state index >= 15 is 0 Å². The van der Waals surface area contributed by atoms with E-state index in [1.54, 1.807) is 6.08 Å². The van der Waals surface area contributed by atoms with E-state index in [1.807, 2.05) is 20.8 Å². The minimum absolute atomic E-state index is 0.114. The number of rotatable bonds is 3. The van der Waals surface area contributed by atoms with Crippen LogP contribution in [0.25, 0.3) is 0 Å². The van der Waals surface area contributed by atoms with E-state index in [0.717, 1.165) is 0 Å². The fraction of sp³-hybridized carbons (Fsp3) is 0.667. The van der Waals surface area contributed by atoms with Crippen LogP contribution in [0.1, 0.15) is 40.0 Å². The monoisotopic (exact) mass is 278 g/mol. The lowest BCUT2D eigenvalue weighted by Gasteiger charge is -2.53. The highest BCUT2D eigenvalue weighted by atomic mass is 16.2. The zero-order chi connectivity index (χ0) is 15.2. The Morgan fingerprint density at radius 1 is 1.20 bits per heavy atom. The second-order valence-electron chi connectivity index (χ2n) is 6.99. The lowest BCUT2D eigenvalue weighted by atomic mass is 9.52. The molecule has 2 N–H and O–H groups in total. The lowest BCUT2D eigenvalue weighted by Crippen LogP contribution is -2.63. The number of fused-ring (bicyclic) bond motifs is 2. The molecule has 2 rings (SSSR count). The van der Waals surface area contributed by atoms with Gasteiger partial charge in [-0.3, -0.25) is 19.7 Å². The molecule has 1 heterocycles. The molecule has 5 nitrogen and oxygen atoms in total. The van der Waals surface area contributed by atoms with Crippen LogP contribution in [0.4, 0.5) is 0 Å². The van der Waals surface area contributed by atoms with E-state index < -0.39 is 16.2 Å². The number of carbonyl (C=O) groups is 3. The maximum atomic E-state index is 12.4. The summed E-state index contributed by atoms with van der Waals surface area (Å²) in [5.74, 6) is -0.637. The van der Waals surface area contributed by atoms with Gasteiger partial charge in [0.05, 0.1) is 0 Å². The molecule has 20 heavy (non-hydrogen) atoms. The lowest BCUT2D eigenvalue weighted by molar-refractivity contribution is -0.164. The molecule has 0 radical (unpaired) electrons. The number of piperidine rings is 1. The Balaban J connectivity index is 2.34. The molecule has 2 aliphatic rings. The number of carbonyl (C=O) groups excluding carboxylic acids is 3. The highest BCUT2D eigenvalue weighted by Crippen LogP contribution is 2.56. The molecule has 110 valence electrons. The predicted octanol–water partition coefficient (Wildman–Crippen LogP) is 1.15. The number of imide groups is 1. The third-order valence-corrected chi connectivity index (χ3v) is 4.62. The minimum Gasteiger partial charge on any atom is -0.352 e. The van der Waals surface area contributed by atoms with Crippen LogP contribution in [0.3, 0.4) is 0 Å². The summed E-state index contributed by atoms with van der Waals surface area (Å²) in [5.41, 5.74) is -2.04. The van der Waals surface area contributed by atoms with Crippen molar-refractivity contribution in [1.82, 2.24) is 10.6 Å². The molecule has 5 heteroatoms. The summed E-state index contributed by atoms with van der Waals surface area (Å²) < 4.78 is 0. The fourth-order valence-electron chi connectivity index (χ4n) is 4.04.